The Balaban J connectivity index is 2.05. The summed E-state index contributed by atoms with van der Waals surface area (Å²) in [7, 11) is 3.23. The van der Waals surface area contributed by atoms with Crippen molar-refractivity contribution >= 4 is 29.3 Å². The number of nitrogens with zero attached hydrogens (tertiary/aromatic N) is 4. The molecule has 0 saturated carbocycles. The molecule has 1 aliphatic rings. The second-order valence-electron chi connectivity index (χ2n) is 6.95. The van der Waals surface area contributed by atoms with Gasteiger partial charge in [-0.25, -0.2) is 4.98 Å². The summed E-state index contributed by atoms with van der Waals surface area (Å²) in [4.78, 5) is 24.2. The first-order chi connectivity index (χ1) is 13.3. The summed E-state index contributed by atoms with van der Waals surface area (Å²) in [6.45, 7) is 3.50. The minimum atomic E-state index is -0.320. The number of amides is 1. The fraction of sp³-hybridized carbons (Fsp3) is 0.421. The van der Waals surface area contributed by atoms with E-state index >= 15 is 0 Å². The number of hydrogen-bond donors (Lipinski definition) is 2. The van der Waals surface area contributed by atoms with Crippen LogP contribution in [0.2, 0.25) is 5.02 Å². The zero-order valence-electron chi connectivity index (χ0n) is 16.1. The number of halogens is 1. The normalized spacial score (nSPS) is 17.3. The highest BCUT2D eigenvalue weighted by molar-refractivity contribution is 6.32. The van der Waals surface area contributed by atoms with Crippen molar-refractivity contribution in [2.24, 2.45) is 0 Å². The maximum atomic E-state index is 12.3. The molecule has 8 nitrogen and oxygen atoms in total. The van der Waals surface area contributed by atoms with Crippen molar-refractivity contribution in [3.05, 3.63) is 40.0 Å². The Hall–Kier alpha value is -2.58. The maximum Gasteiger partial charge on any atom is 0.257 e. The van der Waals surface area contributed by atoms with E-state index in [2.05, 4.69) is 9.97 Å². The molecule has 28 heavy (non-hydrogen) atoms. The molecule has 1 saturated heterocycles. The van der Waals surface area contributed by atoms with Crippen LogP contribution in [-0.4, -0.2) is 59.7 Å². The Morgan fingerprint density at radius 1 is 1.36 bits per heavy atom. The molecule has 1 fully saturated rings. The summed E-state index contributed by atoms with van der Waals surface area (Å²) in [6.07, 6.45) is 0.806. The topological polar surface area (TPSA) is 105 Å². The third-order valence-corrected chi connectivity index (χ3v) is 4.93. The van der Waals surface area contributed by atoms with E-state index in [0.29, 0.717) is 36.2 Å². The molecule has 0 radical (unpaired) electrons. The Labute approximate surface area is 168 Å². The quantitative estimate of drug-likeness (QED) is 0.807. The van der Waals surface area contributed by atoms with Crippen molar-refractivity contribution in [2.75, 3.05) is 44.5 Å². The van der Waals surface area contributed by atoms with Gasteiger partial charge in [0, 0.05) is 44.0 Å². The van der Waals surface area contributed by atoms with Gasteiger partial charge < -0.3 is 25.4 Å². The Bertz CT molecular complexity index is 870. The smallest absolute Gasteiger partial charge is 0.257 e. The van der Waals surface area contributed by atoms with Gasteiger partial charge in [0.2, 0.25) is 5.95 Å². The molecular formula is C19H24ClN5O3. The molecule has 1 atom stereocenters. The molecule has 1 amide bonds. The average molecular weight is 406 g/mol. The van der Waals surface area contributed by atoms with Gasteiger partial charge >= 0.3 is 0 Å². The molecule has 1 aromatic heterocycles. The van der Waals surface area contributed by atoms with Crippen LogP contribution < -0.4 is 10.6 Å². The lowest BCUT2D eigenvalue weighted by Gasteiger charge is -2.31. The molecule has 0 bridgehead atoms. The number of ether oxygens (including phenoxy) is 1. The van der Waals surface area contributed by atoms with E-state index < -0.39 is 0 Å². The molecule has 0 spiro atoms. The number of aromatic hydroxyl groups is 1. The predicted molar refractivity (Wildman–Crippen MR) is 108 cm³/mol. The molecule has 9 heteroatoms. The number of phenols is 1. The third-order valence-electron chi connectivity index (χ3n) is 4.60. The molecule has 0 unspecified atom stereocenters. The SMILES string of the molecule is Cc1cc(N2CCCOC[C@H]2c2cc(O)c(C(=O)N(C)C)cc2Cl)nc(N)n1. The molecule has 1 aliphatic heterocycles. The fourth-order valence-corrected chi connectivity index (χ4v) is 3.57. The van der Waals surface area contributed by atoms with Gasteiger partial charge in [-0.3, -0.25) is 4.79 Å². The second-order valence-corrected chi connectivity index (χ2v) is 7.36. The van der Waals surface area contributed by atoms with Crippen LogP contribution in [0, 0.1) is 6.92 Å². The van der Waals surface area contributed by atoms with E-state index in [9.17, 15) is 9.90 Å². The lowest BCUT2D eigenvalue weighted by molar-refractivity contribution is 0.0824. The highest BCUT2D eigenvalue weighted by atomic mass is 35.5. The van der Waals surface area contributed by atoms with Crippen LogP contribution >= 0.6 is 11.6 Å². The van der Waals surface area contributed by atoms with Crippen molar-refractivity contribution in [3.8, 4) is 5.75 Å². The second kappa shape index (κ2) is 8.20. The monoisotopic (exact) mass is 405 g/mol. The van der Waals surface area contributed by atoms with Gasteiger partial charge in [-0.15, -0.1) is 0 Å². The van der Waals surface area contributed by atoms with E-state index in [-0.39, 0.29) is 29.2 Å². The van der Waals surface area contributed by atoms with E-state index in [4.69, 9.17) is 22.1 Å². The first-order valence-electron chi connectivity index (χ1n) is 8.97. The Kier molecular flexibility index (Phi) is 5.90. The van der Waals surface area contributed by atoms with E-state index in [1.54, 1.807) is 14.1 Å². The minimum Gasteiger partial charge on any atom is -0.507 e. The summed E-state index contributed by atoms with van der Waals surface area (Å²) < 4.78 is 5.75. The van der Waals surface area contributed by atoms with Gasteiger partial charge in [-0.05, 0) is 31.0 Å². The third kappa shape index (κ3) is 4.13. The van der Waals surface area contributed by atoms with E-state index in [1.807, 2.05) is 17.9 Å². The molecular weight excluding hydrogens is 382 g/mol. The molecule has 150 valence electrons. The lowest BCUT2D eigenvalue weighted by atomic mass is 10.0. The largest absolute Gasteiger partial charge is 0.507 e. The van der Waals surface area contributed by atoms with Crippen molar-refractivity contribution in [1.82, 2.24) is 14.9 Å². The Morgan fingerprint density at radius 2 is 2.11 bits per heavy atom. The van der Waals surface area contributed by atoms with Crippen molar-refractivity contribution in [1.29, 1.82) is 0 Å². The number of phenolic OH excluding ortho intramolecular Hbond substituents is 1. The van der Waals surface area contributed by atoms with Crippen molar-refractivity contribution in [3.63, 3.8) is 0 Å². The molecule has 2 aromatic rings. The van der Waals surface area contributed by atoms with Crippen LogP contribution in [0.3, 0.4) is 0 Å². The number of benzene rings is 1. The molecule has 1 aromatic carbocycles. The number of nitrogens with two attached hydrogens (primary N) is 1. The van der Waals surface area contributed by atoms with E-state index in [1.165, 1.54) is 17.0 Å². The van der Waals surface area contributed by atoms with Crippen molar-refractivity contribution in [2.45, 2.75) is 19.4 Å². The van der Waals surface area contributed by atoms with Gasteiger partial charge in [-0.2, -0.15) is 4.98 Å². The van der Waals surface area contributed by atoms with E-state index in [0.717, 1.165) is 12.1 Å². The first kappa shape index (κ1) is 20.2. The standard InChI is InChI=1S/C19H24ClN5O3/c1-11-7-17(23-19(21)22-11)25-5-4-6-28-10-15(25)12-9-16(26)13(8-14(12)20)18(27)24(2)3/h7-9,15,26H,4-6,10H2,1-3H3,(H2,21,22,23)/t15-/m0/s1. The average Bonchev–Trinajstić information content (AvgIpc) is 2.87. The number of carbonyl (C=O) groups excluding carboxylic acids is 1. The van der Waals surface area contributed by atoms with Crippen LogP contribution in [-0.2, 0) is 4.74 Å². The molecule has 3 N–H and O–H groups in total. The van der Waals surface area contributed by atoms with Crippen LogP contribution in [0.15, 0.2) is 18.2 Å². The summed E-state index contributed by atoms with van der Waals surface area (Å²) in [5.74, 6) is 0.420. The summed E-state index contributed by atoms with van der Waals surface area (Å²) in [5, 5.41) is 10.8. The zero-order valence-corrected chi connectivity index (χ0v) is 16.9. The van der Waals surface area contributed by atoms with Gasteiger partial charge in [0.05, 0.1) is 18.2 Å². The summed E-state index contributed by atoms with van der Waals surface area (Å²) in [5.41, 5.74) is 7.41. The van der Waals surface area contributed by atoms with Crippen LogP contribution in [0.1, 0.15) is 34.1 Å². The Morgan fingerprint density at radius 3 is 2.79 bits per heavy atom. The van der Waals surface area contributed by atoms with Crippen LogP contribution in [0.25, 0.3) is 0 Å². The minimum absolute atomic E-state index is 0.124. The number of carbonyl (C=O) groups is 1. The number of aromatic nitrogens is 2. The lowest BCUT2D eigenvalue weighted by Crippen LogP contribution is -2.32. The number of nitrogen functional groups attached to an aromatic ring is 1. The fourth-order valence-electron chi connectivity index (χ4n) is 3.28. The predicted octanol–water partition coefficient (Wildman–Crippen LogP) is 2.40. The zero-order chi connectivity index (χ0) is 20.4. The van der Waals surface area contributed by atoms with Gasteiger partial charge in [0.25, 0.3) is 5.91 Å². The molecule has 2 heterocycles. The van der Waals surface area contributed by atoms with Gasteiger partial charge in [0.1, 0.15) is 11.6 Å². The number of aryl methyl sites for hydroxylation is 1. The summed E-state index contributed by atoms with van der Waals surface area (Å²) in [6, 6.07) is 4.59. The number of rotatable bonds is 3. The highest BCUT2D eigenvalue weighted by Gasteiger charge is 2.28. The molecule has 0 aliphatic carbocycles. The van der Waals surface area contributed by atoms with Gasteiger partial charge in [-0.1, -0.05) is 11.6 Å². The van der Waals surface area contributed by atoms with Crippen LogP contribution in [0.5, 0.6) is 5.75 Å². The maximum absolute atomic E-state index is 12.3. The first-order valence-corrected chi connectivity index (χ1v) is 9.35. The number of anilines is 2. The van der Waals surface area contributed by atoms with Crippen LogP contribution in [0.4, 0.5) is 11.8 Å². The highest BCUT2D eigenvalue weighted by Crippen LogP contribution is 2.36. The molecule has 3 rings (SSSR count). The van der Waals surface area contributed by atoms with Gasteiger partial charge in [0.15, 0.2) is 0 Å². The van der Waals surface area contributed by atoms with Crippen molar-refractivity contribution < 1.29 is 14.6 Å². The summed E-state index contributed by atoms with van der Waals surface area (Å²) >= 11 is 6.53. The number of hydrogen-bond acceptors (Lipinski definition) is 7.